The van der Waals surface area contributed by atoms with E-state index in [4.69, 9.17) is 9.45 Å². The molecule has 2 N–H and O–H groups in total. The molecule has 1 atom stereocenters. The molecular weight excluding hydrogens is 195 g/mol. The number of hydrogen-bond donors (Lipinski definition) is 2. The molecule has 0 fully saturated rings. The zero-order chi connectivity index (χ0) is 9.12. The van der Waals surface area contributed by atoms with Crippen LogP contribution < -0.4 is 0 Å². The minimum atomic E-state index is -4.60. The second kappa shape index (κ2) is 3.64. The van der Waals surface area contributed by atoms with Crippen LogP contribution in [-0.2, 0) is 19.1 Å². The monoisotopic (exact) mass is 204 g/mol. The van der Waals surface area contributed by atoms with E-state index < -0.39 is 24.1 Å². The van der Waals surface area contributed by atoms with Gasteiger partial charge in [-0.25, -0.2) is 4.18 Å². The predicted octanol–water partition coefficient (Wildman–Crippen LogP) is 0.0536. The van der Waals surface area contributed by atoms with Crippen molar-refractivity contribution in [1.29, 1.82) is 0 Å². The zero-order valence-electron chi connectivity index (χ0n) is 5.80. The molecule has 0 aliphatic carbocycles. The Hall–Kier alpha value is 0.0600. The van der Waals surface area contributed by atoms with Crippen LogP contribution in [0.25, 0.3) is 0 Å². The molecule has 11 heavy (non-hydrogen) atoms. The van der Waals surface area contributed by atoms with Gasteiger partial charge in [-0.05, 0) is 0 Å². The third-order valence-electron chi connectivity index (χ3n) is 0.897. The van der Waals surface area contributed by atoms with Crippen LogP contribution in [0.3, 0.4) is 0 Å². The van der Waals surface area contributed by atoms with Gasteiger partial charge in [-0.15, -0.1) is 0 Å². The molecular formula is C3H9O6PS. The van der Waals surface area contributed by atoms with Crippen molar-refractivity contribution in [3.63, 3.8) is 0 Å². The smallest absolute Gasteiger partial charge is 0.343 e. The molecule has 0 aromatic rings. The molecule has 0 saturated heterocycles. The Kier molecular flexibility index (Phi) is 3.66. The van der Waals surface area contributed by atoms with Crippen LogP contribution in [0.4, 0.5) is 0 Å². The maximum absolute atomic E-state index is 10.7. The van der Waals surface area contributed by atoms with E-state index in [1.54, 1.807) is 0 Å². The van der Waals surface area contributed by atoms with Crippen molar-refractivity contribution in [2.45, 2.75) is 6.92 Å². The third-order valence-corrected chi connectivity index (χ3v) is 3.01. The van der Waals surface area contributed by atoms with Crippen LogP contribution in [0.1, 0.15) is 6.92 Å². The molecule has 0 aromatic carbocycles. The Labute approximate surface area is 64.6 Å². The molecule has 0 bridgehead atoms. The highest BCUT2D eigenvalue weighted by atomic mass is 32.3. The van der Waals surface area contributed by atoms with Gasteiger partial charge in [-0.3, -0.25) is 9.12 Å². The van der Waals surface area contributed by atoms with Gasteiger partial charge in [0.1, 0.15) is 6.35 Å². The van der Waals surface area contributed by atoms with Crippen LogP contribution in [0.5, 0.6) is 0 Å². The fourth-order valence-electron chi connectivity index (χ4n) is 0.240. The molecule has 0 aliphatic heterocycles. The fraction of sp³-hybridized carbons (Fsp3) is 1.00. The first kappa shape index (κ1) is 11.1. The van der Waals surface area contributed by atoms with E-state index in [9.17, 15) is 13.0 Å². The highest BCUT2D eigenvalue weighted by Gasteiger charge is 2.18. The molecule has 8 heteroatoms. The Morgan fingerprint density at radius 2 is 2.00 bits per heavy atom. The summed E-state index contributed by atoms with van der Waals surface area (Å²) in [5, 5.41) is 0. The van der Waals surface area contributed by atoms with E-state index in [0.717, 1.165) is 0 Å². The molecule has 0 aliphatic rings. The minimum absolute atomic E-state index is 0.0947. The summed E-state index contributed by atoms with van der Waals surface area (Å²) in [6, 6.07) is 0. The first-order valence-electron chi connectivity index (χ1n) is 2.69. The van der Waals surface area contributed by atoms with Gasteiger partial charge in [-0.2, -0.15) is 8.42 Å². The maximum Gasteiger partial charge on any atom is 0.397 e. The van der Waals surface area contributed by atoms with Crippen LogP contribution in [0.2, 0.25) is 0 Å². The average Bonchev–Trinajstić information content (AvgIpc) is 1.83. The highest BCUT2D eigenvalue weighted by molar-refractivity contribution is 7.81. The summed E-state index contributed by atoms with van der Waals surface area (Å²) in [6.45, 7) is 1.41. The standard InChI is InChI=1S/C3H9O6PS/c1-2-10(4,5)3-9-11(6,7)8/h2-3H2,1H3,(H,4,5)(H,6,7,8). The van der Waals surface area contributed by atoms with E-state index in [-0.39, 0.29) is 6.16 Å². The van der Waals surface area contributed by atoms with Crippen molar-refractivity contribution in [3.05, 3.63) is 0 Å². The Morgan fingerprint density at radius 1 is 1.55 bits per heavy atom. The molecule has 1 unspecified atom stereocenters. The molecule has 0 radical (unpaired) electrons. The molecule has 0 rings (SSSR count). The molecule has 0 aromatic heterocycles. The Bertz CT molecular complexity index is 255. The maximum atomic E-state index is 10.7. The topological polar surface area (TPSA) is 101 Å². The molecule has 0 saturated carbocycles. The van der Waals surface area contributed by atoms with Gasteiger partial charge in [-0.1, -0.05) is 6.92 Å². The Balaban J connectivity index is 4.01. The summed E-state index contributed by atoms with van der Waals surface area (Å²) >= 11 is 0. The van der Waals surface area contributed by atoms with Crippen molar-refractivity contribution in [3.8, 4) is 0 Å². The van der Waals surface area contributed by atoms with Crippen LogP contribution in [0, 0.1) is 0 Å². The lowest BCUT2D eigenvalue weighted by Gasteiger charge is -2.05. The lowest BCUT2D eigenvalue weighted by Crippen LogP contribution is -2.06. The van der Waals surface area contributed by atoms with Crippen molar-refractivity contribution >= 4 is 17.8 Å². The normalized spacial score (nSPS) is 17.7. The van der Waals surface area contributed by atoms with Crippen molar-refractivity contribution < 1.29 is 26.6 Å². The SMILES string of the molecule is CCP(=O)(O)COS(=O)(=O)O. The highest BCUT2D eigenvalue weighted by Crippen LogP contribution is 2.39. The van der Waals surface area contributed by atoms with Crippen molar-refractivity contribution in [2.75, 3.05) is 12.5 Å². The molecule has 0 amide bonds. The molecule has 68 valence electrons. The summed E-state index contributed by atoms with van der Waals surface area (Å²) < 4.78 is 42.2. The number of hydrogen-bond acceptors (Lipinski definition) is 4. The van der Waals surface area contributed by atoms with Gasteiger partial charge in [0.15, 0.2) is 0 Å². The van der Waals surface area contributed by atoms with Crippen molar-refractivity contribution in [1.82, 2.24) is 0 Å². The van der Waals surface area contributed by atoms with E-state index in [1.165, 1.54) is 6.92 Å². The van der Waals surface area contributed by atoms with Crippen LogP contribution in [-0.4, -0.2) is 30.4 Å². The second-order valence-electron chi connectivity index (χ2n) is 1.84. The second-order valence-corrected chi connectivity index (χ2v) is 5.51. The zero-order valence-corrected chi connectivity index (χ0v) is 7.51. The van der Waals surface area contributed by atoms with Gasteiger partial charge in [0, 0.05) is 6.16 Å². The molecule has 0 heterocycles. The summed E-state index contributed by atoms with van der Waals surface area (Å²) in [4.78, 5) is 8.74. The van der Waals surface area contributed by atoms with Gasteiger partial charge in [0.25, 0.3) is 0 Å². The van der Waals surface area contributed by atoms with E-state index >= 15 is 0 Å². The predicted molar refractivity (Wildman–Crippen MR) is 37.9 cm³/mol. The minimum Gasteiger partial charge on any atom is -0.343 e. The average molecular weight is 204 g/mol. The lowest BCUT2D eigenvalue weighted by molar-refractivity contribution is 0.294. The largest absolute Gasteiger partial charge is 0.397 e. The molecule has 6 nitrogen and oxygen atoms in total. The Morgan fingerprint density at radius 3 is 2.27 bits per heavy atom. The van der Waals surface area contributed by atoms with Gasteiger partial charge in [0.05, 0.1) is 0 Å². The van der Waals surface area contributed by atoms with E-state index in [1.807, 2.05) is 0 Å². The van der Waals surface area contributed by atoms with Gasteiger partial charge >= 0.3 is 10.4 Å². The lowest BCUT2D eigenvalue weighted by atomic mass is 11.0. The summed E-state index contributed by atoms with van der Waals surface area (Å²) in [6.07, 6.45) is -0.967. The first-order valence-corrected chi connectivity index (χ1v) is 6.09. The van der Waals surface area contributed by atoms with Gasteiger partial charge < -0.3 is 4.89 Å². The summed E-state index contributed by atoms with van der Waals surface area (Å²) in [5.41, 5.74) is 0. The third kappa shape index (κ3) is 6.46. The molecule has 0 spiro atoms. The first-order chi connectivity index (χ1) is 4.77. The number of rotatable bonds is 4. The quantitative estimate of drug-likeness (QED) is 0.495. The van der Waals surface area contributed by atoms with Crippen LogP contribution >= 0.6 is 7.37 Å². The van der Waals surface area contributed by atoms with Crippen LogP contribution in [0.15, 0.2) is 0 Å². The van der Waals surface area contributed by atoms with Gasteiger partial charge in [0.2, 0.25) is 7.37 Å². The fourth-order valence-corrected chi connectivity index (χ4v) is 1.61. The summed E-state index contributed by atoms with van der Waals surface area (Å²) in [7, 11) is -8.13. The van der Waals surface area contributed by atoms with E-state index in [2.05, 4.69) is 4.18 Å². The summed E-state index contributed by atoms with van der Waals surface area (Å²) in [5.74, 6) is 0. The van der Waals surface area contributed by atoms with E-state index in [0.29, 0.717) is 0 Å². The van der Waals surface area contributed by atoms with Crippen molar-refractivity contribution in [2.24, 2.45) is 0 Å².